The molecule has 7 heteroatoms. The minimum atomic E-state index is -0.196. The summed E-state index contributed by atoms with van der Waals surface area (Å²) in [6.07, 6.45) is 2.55. The predicted octanol–water partition coefficient (Wildman–Crippen LogP) is 1.35. The van der Waals surface area contributed by atoms with Gasteiger partial charge in [-0.2, -0.15) is 0 Å². The largest absolute Gasteiger partial charge is 0.497 e. The van der Waals surface area contributed by atoms with E-state index in [0.717, 1.165) is 49.7 Å². The number of methoxy groups -OCH3 is 1. The zero-order chi connectivity index (χ0) is 18.6. The van der Waals surface area contributed by atoms with Crippen LogP contribution < -0.4 is 20.5 Å². The van der Waals surface area contributed by atoms with E-state index in [1.807, 2.05) is 47.4 Å². The van der Waals surface area contributed by atoms with Gasteiger partial charge in [-0.25, -0.2) is 15.8 Å². The van der Waals surface area contributed by atoms with E-state index in [1.54, 1.807) is 13.3 Å². The molecule has 2 aliphatic rings. The molecule has 1 aromatic heterocycles. The number of hydrazine groups is 1. The number of ether oxygens (including phenoxy) is 1. The van der Waals surface area contributed by atoms with E-state index in [1.165, 1.54) is 0 Å². The van der Waals surface area contributed by atoms with Gasteiger partial charge in [0, 0.05) is 38.4 Å². The first-order valence-corrected chi connectivity index (χ1v) is 9.34. The van der Waals surface area contributed by atoms with E-state index in [-0.39, 0.29) is 18.0 Å². The smallest absolute Gasteiger partial charge is 0.241 e. The van der Waals surface area contributed by atoms with Crippen LogP contribution >= 0.6 is 0 Å². The number of rotatable bonds is 4. The molecule has 0 radical (unpaired) electrons. The number of aromatic nitrogens is 1. The number of nitrogens with one attached hydrogen (secondary N) is 2. The van der Waals surface area contributed by atoms with E-state index < -0.39 is 0 Å². The highest BCUT2D eigenvalue weighted by Crippen LogP contribution is 2.25. The van der Waals surface area contributed by atoms with E-state index in [9.17, 15) is 4.79 Å². The van der Waals surface area contributed by atoms with Crippen molar-refractivity contribution in [3.63, 3.8) is 0 Å². The molecule has 0 bridgehead atoms. The lowest BCUT2D eigenvalue weighted by atomic mass is 10.0. The lowest BCUT2D eigenvalue weighted by Crippen LogP contribution is -2.53. The van der Waals surface area contributed by atoms with Crippen molar-refractivity contribution < 1.29 is 9.53 Å². The standard InChI is InChI=1S/C20H25N5O2/c1-27-16-7-5-15(6-8-16)17-14-18(23-22-17)20(26)25-12-10-24(11-13-25)19-4-2-3-9-21-19/h2-9,17-18,22-23H,10-14H2,1H3. The predicted molar refractivity (Wildman–Crippen MR) is 103 cm³/mol. The van der Waals surface area contributed by atoms with E-state index in [0.29, 0.717) is 0 Å². The quantitative estimate of drug-likeness (QED) is 0.850. The van der Waals surface area contributed by atoms with Crippen LogP contribution in [0.1, 0.15) is 18.0 Å². The lowest BCUT2D eigenvalue weighted by Gasteiger charge is -2.36. The average Bonchev–Trinajstić information content (AvgIpc) is 3.24. The zero-order valence-electron chi connectivity index (χ0n) is 15.5. The van der Waals surface area contributed by atoms with E-state index in [4.69, 9.17) is 4.74 Å². The van der Waals surface area contributed by atoms with Crippen LogP contribution in [0.25, 0.3) is 0 Å². The number of anilines is 1. The summed E-state index contributed by atoms with van der Waals surface area (Å²) in [5, 5.41) is 0. The number of hydrogen-bond acceptors (Lipinski definition) is 6. The van der Waals surface area contributed by atoms with Crippen molar-refractivity contribution in [2.75, 3.05) is 38.2 Å². The van der Waals surface area contributed by atoms with Crippen LogP contribution in [0.5, 0.6) is 5.75 Å². The fourth-order valence-electron chi connectivity index (χ4n) is 3.69. The van der Waals surface area contributed by atoms with Gasteiger partial charge in [-0.1, -0.05) is 18.2 Å². The van der Waals surface area contributed by atoms with Crippen LogP contribution in [-0.2, 0) is 4.79 Å². The van der Waals surface area contributed by atoms with Crippen molar-refractivity contribution >= 4 is 11.7 Å². The summed E-state index contributed by atoms with van der Waals surface area (Å²) in [7, 11) is 1.66. The van der Waals surface area contributed by atoms with Crippen LogP contribution in [0.15, 0.2) is 48.7 Å². The van der Waals surface area contributed by atoms with Gasteiger partial charge in [0.05, 0.1) is 7.11 Å². The second-order valence-corrected chi connectivity index (χ2v) is 6.90. The number of hydrogen-bond donors (Lipinski definition) is 2. The summed E-state index contributed by atoms with van der Waals surface area (Å²) in [5.41, 5.74) is 7.58. The van der Waals surface area contributed by atoms with Gasteiger partial charge in [-0.15, -0.1) is 0 Å². The Kier molecular flexibility index (Phi) is 5.22. The fraction of sp³-hybridized carbons (Fsp3) is 0.400. The second-order valence-electron chi connectivity index (χ2n) is 6.90. The van der Waals surface area contributed by atoms with Gasteiger partial charge in [0.15, 0.2) is 0 Å². The van der Waals surface area contributed by atoms with Gasteiger partial charge < -0.3 is 14.5 Å². The molecule has 2 atom stereocenters. The SMILES string of the molecule is COc1ccc(C2CC(C(=O)N3CCN(c4ccccn4)CC3)NN2)cc1. The molecule has 142 valence electrons. The number of nitrogens with zero attached hydrogens (tertiary/aromatic N) is 3. The van der Waals surface area contributed by atoms with Gasteiger partial charge in [-0.3, -0.25) is 4.79 Å². The summed E-state index contributed by atoms with van der Waals surface area (Å²) in [4.78, 5) is 21.5. The lowest BCUT2D eigenvalue weighted by molar-refractivity contribution is -0.133. The molecular formula is C20H25N5O2. The molecule has 0 spiro atoms. The Labute approximate surface area is 159 Å². The monoisotopic (exact) mass is 367 g/mol. The Balaban J connectivity index is 1.31. The van der Waals surface area contributed by atoms with Crippen LogP contribution in [0.2, 0.25) is 0 Å². The molecule has 7 nitrogen and oxygen atoms in total. The highest BCUT2D eigenvalue weighted by molar-refractivity contribution is 5.82. The molecule has 2 fully saturated rings. The van der Waals surface area contributed by atoms with Crippen molar-refractivity contribution in [1.29, 1.82) is 0 Å². The number of carbonyl (C=O) groups excluding carboxylic acids is 1. The first-order chi connectivity index (χ1) is 13.2. The molecule has 27 heavy (non-hydrogen) atoms. The molecule has 2 aromatic rings. The summed E-state index contributed by atoms with van der Waals surface area (Å²) >= 11 is 0. The van der Waals surface area contributed by atoms with E-state index in [2.05, 4.69) is 20.7 Å². The summed E-state index contributed by atoms with van der Waals surface area (Å²) in [6.45, 7) is 3.07. The normalized spacial score (nSPS) is 22.7. The molecule has 2 unspecified atom stereocenters. The van der Waals surface area contributed by atoms with Crippen molar-refractivity contribution in [2.45, 2.75) is 18.5 Å². The number of carbonyl (C=O) groups is 1. The number of piperazine rings is 1. The fourth-order valence-corrected chi connectivity index (χ4v) is 3.69. The molecule has 1 aromatic carbocycles. The van der Waals surface area contributed by atoms with E-state index >= 15 is 0 Å². The van der Waals surface area contributed by atoms with Crippen LogP contribution in [0, 0.1) is 0 Å². The molecule has 0 saturated carbocycles. The Bertz CT molecular complexity index is 760. The third kappa shape index (κ3) is 3.89. The zero-order valence-corrected chi connectivity index (χ0v) is 15.5. The minimum Gasteiger partial charge on any atom is -0.497 e. The first kappa shape index (κ1) is 17.8. The molecule has 3 heterocycles. The van der Waals surface area contributed by atoms with Gasteiger partial charge in [-0.05, 0) is 36.2 Å². The summed E-state index contributed by atoms with van der Waals surface area (Å²) < 4.78 is 5.21. The Hall–Kier alpha value is -2.64. The third-order valence-electron chi connectivity index (χ3n) is 5.28. The number of pyridine rings is 1. The summed E-state index contributed by atoms with van der Waals surface area (Å²) in [5.74, 6) is 1.98. The maximum absolute atomic E-state index is 12.9. The third-order valence-corrected chi connectivity index (χ3v) is 5.28. The van der Waals surface area contributed by atoms with Crippen LogP contribution in [0.4, 0.5) is 5.82 Å². The van der Waals surface area contributed by atoms with Crippen molar-refractivity contribution in [3.8, 4) is 5.75 Å². The maximum Gasteiger partial charge on any atom is 0.241 e. The molecule has 2 N–H and O–H groups in total. The number of benzene rings is 1. The van der Waals surface area contributed by atoms with Crippen molar-refractivity contribution in [3.05, 3.63) is 54.2 Å². The molecule has 2 saturated heterocycles. The molecular weight excluding hydrogens is 342 g/mol. The second kappa shape index (κ2) is 7.94. The molecule has 1 amide bonds. The first-order valence-electron chi connectivity index (χ1n) is 9.34. The Morgan fingerprint density at radius 2 is 1.85 bits per heavy atom. The number of amides is 1. The Morgan fingerprint density at radius 1 is 1.07 bits per heavy atom. The van der Waals surface area contributed by atoms with Crippen molar-refractivity contribution in [2.24, 2.45) is 0 Å². The maximum atomic E-state index is 12.9. The van der Waals surface area contributed by atoms with Gasteiger partial charge >= 0.3 is 0 Å². The summed E-state index contributed by atoms with van der Waals surface area (Å²) in [6, 6.07) is 13.8. The average molecular weight is 367 g/mol. The Morgan fingerprint density at radius 3 is 2.52 bits per heavy atom. The topological polar surface area (TPSA) is 69.7 Å². The minimum absolute atomic E-state index is 0.125. The van der Waals surface area contributed by atoms with Gasteiger partial charge in [0.2, 0.25) is 5.91 Å². The molecule has 4 rings (SSSR count). The highest BCUT2D eigenvalue weighted by Gasteiger charge is 2.34. The van der Waals surface area contributed by atoms with Crippen LogP contribution in [0.3, 0.4) is 0 Å². The van der Waals surface area contributed by atoms with Crippen LogP contribution in [-0.4, -0.2) is 55.1 Å². The molecule has 2 aliphatic heterocycles. The highest BCUT2D eigenvalue weighted by atomic mass is 16.5. The van der Waals surface area contributed by atoms with Gasteiger partial charge in [0.1, 0.15) is 17.6 Å². The van der Waals surface area contributed by atoms with Gasteiger partial charge in [0.25, 0.3) is 0 Å². The van der Waals surface area contributed by atoms with Crippen molar-refractivity contribution in [1.82, 2.24) is 20.7 Å². The molecule has 0 aliphatic carbocycles.